The minimum Gasteiger partial charge on any atom is -0.456 e. The van der Waals surface area contributed by atoms with Crippen LogP contribution in [0, 0.1) is 0 Å². The van der Waals surface area contributed by atoms with Crippen LogP contribution < -0.4 is 0 Å². The van der Waals surface area contributed by atoms with Crippen molar-refractivity contribution in [2.24, 2.45) is 0 Å². The van der Waals surface area contributed by atoms with Gasteiger partial charge in [0, 0.05) is 32.7 Å². The molecule has 3 heterocycles. The van der Waals surface area contributed by atoms with Crippen molar-refractivity contribution in [1.29, 1.82) is 0 Å². The molecule has 10 aromatic carbocycles. The molecule has 0 aliphatic heterocycles. The fourth-order valence-corrected chi connectivity index (χ4v) is 9.45. The highest BCUT2D eigenvalue weighted by Crippen LogP contribution is 2.43. The van der Waals surface area contributed by atoms with Crippen LogP contribution in [-0.2, 0) is 0 Å². The summed E-state index contributed by atoms with van der Waals surface area (Å²) in [5.74, 6) is 1.69. The van der Waals surface area contributed by atoms with E-state index in [1.165, 1.54) is 32.7 Å². The van der Waals surface area contributed by atoms with Crippen LogP contribution in [0.4, 0.5) is 0 Å². The zero-order valence-electron chi connectivity index (χ0n) is 34.4. The van der Waals surface area contributed by atoms with E-state index >= 15 is 0 Å². The number of hydrogen-bond donors (Lipinski definition) is 0. The molecule has 3 aromatic heterocycles. The normalized spacial score (nSPS) is 11.8. The van der Waals surface area contributed by atoms with Gasteiger partial charge in [0.25, 0.3) is 0 Å². The molecule has 298 valence electrons. The third-order valence-electron chi connectivity index (χ3n) is 12.6. The van der Waals surface area contributed by atoms with Gasteiger partial charge >= 0.3 is 0 Å². The molecule has 0 saturated heterocycles. The van der Waals surface area contributed by atoms with Crippen LogP contribution in [0.25, 0.3) is 133 Å². The van der Waals surface area contributed by atoms with E-state index in [0.29, 0.717) is 17.5 Å². The first-order valence-electron chi connectivity index (χ1n) is 21.5. The first-order valence-corrected chi connectivity index (χ1v) is 21.5. The van der Waals surface area contributed by atoms with Gasteiger partial charge in [-0.15, -0.1) is 0 Å². The van der Waals surface area contributed by atoms with Crippen molar-refractivity contribution in [3.05, 3.63) is 212 Å². The van der Waals surface area contributed by atoms with Crippen LogP contribution in [-0.4, -0.2) is 15.0 Å². The van der Waals surface area contributed by atoms with Gasteiger partial charge in [-0.3, -0.25) is 0 Å². The third-order valence-corrected chi connectivity index (χ3v) is 12.6. The Balaban J connectivity index is 0.921. The summed E-state index contributed by atoms with van der Waals surface area (Å²) in [7, 11) is 0. The third kappa shape index (κ3) is 5.90. The highest BCUT2D eigenvalue weighted by Gasteiger charge is 2.21. The van der Waals surface area contributed by atoms with Crippen molar-refractivity contribution in [3.63, 3.8) is 0 Å². The van der Waals surface area contributed by atoms with E-state index in [1.54, 1.807) is 0 Å². The molecule has 0 bridgehead atoms. The summed E-state index contributed by atoms with van der Waals surface area (Å²) < 4.78 is 13.0. The number of fused-ring (bicyclic) bond motifs is 9. The molecule has 0 N–H and O–H groups in total. The highest BCUT2D eigenvalue weighted by molar-refractivity contribution is 6.15. The van der Waals surface area contributed by atoms with Gasteiger partial charge in [-0.1, -0.05) is 176 Å². The monoisotopic (exact) mass is 817 g/mol. The molecule has 0 amide bonds. The van der Waals surface area contributed by atoms with E-state index < -0.39 is 0 Å². The summed E-state index contributed by atoms with van der Waals surface area (Å²) >= 11 is 0. The molecule has 5 heteroatoms. The Labute approximate surface area is 367 Å². The van der Waals surface area contributed by atoms with Crippen molar-refractivity contribution >= 4 is 65.4 Å². The maximum Gasteiger partial charge on any atom is 0.167 e. The Morgan fingerprint density at radius 2 is 0.828 bits per heavy atom. The lowest BCUT2D eigenvalue weighted by atomic mass is 9.93. The Morgan fingerprint density at radius 1 is 0.266 bits per heavy atom. The summed E-state index contributed by atoms with van der Waals surface area (Å²) in [6.45, 7) is 0. The van der Waals surface area contributed by atoms with Gasteiger partial charge in [-0.2, -0.15) is 0 Å². The van der Waals surface area contributed by atoms with Gasteiger partial charge in [0.2, 0.25) is 0 Å². The summed E-state index contributed by atoms with van der Waals surface area (Å²) in [5.41, 5.74) is 12.5. The molecule has 0 atom stereocenters. The smallest absolute Gasteiger partial charge is 0.167 e. The molecule has 13 aromatic rings. The van der Waals surface area contributed by atoms with Crippen molar-refractivity contribution in [1.82, 2.24) is 15.0 Å². The zero-order chi connectivity index (χ0) is 42.1. The predicted octanol–water partition coefficient (Wildman–Crippen LogP) is 16.0. The number of nitrogens with zero attached hydrogens (tertiary/aromatic N) is 3. The molecule has 5 nitrogen and oxygen atoms in total. The van der Waals surface area contributed by atoms with Crippen LogP contribution in [0.15, 0.2) is 221 Å². The van der Waals surface area contributed by atoms with Crippen molar-refractivity contribution in [2.45, 2.75) is 0 Å². The maximum absolute atomic E-state index is 6.56. The molecule has 13 rings (SSSR count). The second-order valence-corrected chi connectivity index (χ2v) is 16.3. The lowest BCUT2D eigenvalue weighted by molar-refractivity contribution is 0.669. The molecule has 0 aliphatic rings. The molecular weight excluding hydrogens is 783 g/mol. The Bertz CT molecular complexity index is 3960. The molecule has 0 aliphatic carbocycles. The Hall–Kier alpha value is -8.67. The van der Waals surface area contributed by atoms with Gasteiger partial charge in [0.05, 0.1) is 5.56 Å². The average molecular weight is 818 g/mol. The van der Waals surface area contributed by atoms with Crippen molar-refractivity contribution in [3.8, 4) is 67.5 Å². The second-order valence-electron chi connectivity index (χ2n) is 16.3. The maximum atomic E-state index is 6.56. The topological polar surface area (TPSA) is 65.0 Å². The average Bonchev–Trinajstić information content (AvgIpc) is 3.95. The molecule has 64 heavy (non-hydrogen) atoms. The second kappa shape index (κ2) is 14.5. The van der Waals surface area contributed by atoms with Gasteiger partial charge in [0.15, 0.2) is 17.5 Å². The molecule has 0 saturated carbocycles. The number of benzene rings is 10. The van der Waals surface area contributed by atoms with Crippen LogP contribution in [0.3, 0.4) is 0 Å². The summed E-state index contributed by atoms with van der Waals surface area (Å²) in [6, 6.07) is 74.1. The first-order chi connectivity index (χ1) is 31.7. The number of hydrogen-bond acceptors (Lipinski definition) is 5. The number of aromatic nitrogens is 3. The molecular formula is C59H35N3O2. The van der Waals surface area contributed by atoms with E-state index in [-0.39, 0.29) is 0 Å². The Morgan fingerprint density at radius 3 is 1.69 bits per heavy atom. The van der Waals surface area contributed by atoms with E-state index in [4.69, 9.17) is 23.8 Å². The van der Waals surface area contributed by atoms with Gasteiger partial charge in [0.1, 0.15) is 22.3 Å². The highest BCUT2D eigenvalue weighted by atomic mass is 16.3. The predicted molar refractivity (Wildman–Crippen MR) is 262 cm³/mol. The first kappa shape index (κ1) is 36.0. The summed E-state index contributed by atoms with van der Waals surface area (Å²) in [6.07, 6.45) is 0. The quantitative estimate of drug-likeness (QED) is 0.156. The van der Waals surface area contributed by atoms with Gasteiger partial charge in [-0.25, -0.2) is 15.0 Å². The number of para-hydroxylation sites is 2. The van der Waals surface area contributed by atoms with Gasteiger partial charge in [-0.05, 0) is 91.3 Å². The molecule has 0 unspecified atom stereocenters. The van der Waals surface area contributed by atoms with E-state index in [2.05, 4.69) is 140 Å². The largest absolute Gasteiger partial charge is 0.456 e. The minimum atomic E-state index is 0.542. The summed E-state index contributed by atoms with van der Waals surface area (Å²) in [4.78, 5) is 15.5. The SMILES string of the molecule is c1ccc(-c2nc(-c3ccccc3-c3cccc4oc5ccc(-c6ccc(-c7ccc8c(ccc9ccccc98)c7)cc6)cc5c34)nc(-c3cccc4c3oc3ccccc34)n2)cc1. The van der Waals surface area contributed by atoms with E-state index in [1.807, 2.05) is 72.8 Å². The Kier molecular flexibility index (Phi) is 8.15. The lowest BCUT2D eigenvalue weighted by Gasteiger charge is -2.13. The fraction of sp³-hybridized carbons (Fsp3) is 0. The van der Waals surface area contributed by atoms with Crippen molar-refractivity contribution < 1.29 is 8.83 Å². The van der Waals surface area contributed by atoms with E-state index in [9.17, 15) is 0 Å². The van der Waals surface area contributed by atoms with Crippen LogP contribution in [0.5, 0.6) is 0 Å². The molecule has 0 spiro atoms. The standard InChI is InChI=1S/C59H35N3O2/c1-2-13-39(14-3-1)57-60-58(62-59(61-57)50-21-10-20-48-46-17-8-9-22-52(46)64-56(48)50)49-18-7-6-16-45(49)47-19-11-23-54-55(47)51-35-41(31-33-53(51)63-54)37-26-24-36(25-27-37)40-30-32-44-42(34-40)29-28-38-12-4-5-15-43(38)44/h1-35H. The van der Waals surface area contributed by atoms with E-state index in [0.717, 1.165) is 82.8 Å². The van der Waals surface area contributed by atoms with Crippen LogP contribution in [0.2, 0.25) is 0 Å². The number of furan rings is 2. The van der Waals surface area contributed by atoms with Crippen LogP contribution in [0.1, 0.15) is 0 Å². The fourth-order valence-electron chi connectivity index (χ4n) is 9.45. The minimum absolute atomic E-state index is 0.542. The van der Waals surface area contributed by atoms with Gasteiger partial charge < -0.3 is 8.83 Å². The zero-order valence-corrected chi connectivity index (χ0v) is 34.4. The summed E-state index contributed by atoms with van der Waals surface area (Å²) in [5, 5.41) is 9.20. The molecule has 0 fully saturated rings. The number of rotatable bonds is 6. The van der Waals surface area contributed by atoms with Crippen LogP contribution >= 0.6 is 0 Å². The van der Waals surface area contributed by atoms with Crippen molar-refractivity contribution in [2.75, 3.05) is 0 Å². The molecule has 0 radical (unpaired) electrons. The lowest BCUT2D eigenvalue weighted by Crippen LogP contribution is -2.01.